The van der Waals surface area contributed by atoms with Crippen LogP contribution in [0.5, 0.6) is 0 Å². The standard InChI is InChI=1S/C13H11F3N2O/c1-8-6-18-11(7-17-8)12(19)9-4-2-3-5-10(9)13(14,15)16/h2-7,12,19H,1H3. The number of halogens is 3. The number of aliphatic hydroxyl groups is 1. The molecule has 1 heterocycles. The van der Waals surface area contributed by atoms with Gasteiger partial charge in [0, 0.05) is 6.20 Å². The molecule has 2 aromatic rings. The number of aryl methyl sites for hydroxylation is 1. The number of hydrogen-bond acceptors (Lipinski definition) is 3. The van der Waals surface area contributed by atoms with E-state index in [1.807, 2.05) is 0 Å². The van der Waals surface area contributed by atoms with Gasteiger partial charge in [0.1, 0.15) is 6.10 Å². The summed E-state index contributed by atoms with van der Waals surface area (Å²) in [6.45, 7) is 1.70. The molecule has 1 aromatic carbocycles. The molecule has 0 aliphatic heterocycles. The smallest absolute Gasteiger partial charge is 0.382 e. The first-order chi connectivity index (χ1) is 8.89. The monoisotopic (exact) mass is 268 g/mol. The van der Waals surface area contributed by atoms with Crippen molar-refractivity contribution in [3.63, 3.8) is 0 Å². The first-order valence-corrected chi connectivity index (χ1v) is 5.52. The number of benzene rings is 1. The van der Waals surface area contributed by atoms with Gasteiger partial charge in [0.15, 0.2) is 0 Å². The highest BCUT2D eigenvalue weighted by atomic mass is 19.4. The Kier molecular flexibility index (Phi) is 3.53. The van der Waals surface area contributed by atoms with Gasteiger partial charge in [-0.05, 0) is 18.6 Å². The van der Waals surface area contributed by atoms with Crippen molar-refractivity contribution >= 4 is 0 Å². The van der Waals surface area contributed by atoms with E-state index < -0.39 is 17.8 Å². The fourth-order valence-corrected chi connectivity index (χ4v) is 1.70. The van der Waals surface area contributed by atoms with Crippen LogP contribution >= 0.6 is 0 Å². The van der Waals surface area contributed by atoms with Crippen LogP contribution in [-0.4, -0.2) is 15.1 Å². The Morgan fingerprint density at radius 3 is 2.37 bits per heavy atom. The normalized spacial score (nSPS) is 13.3. The lowest BCUT2D eigenvalue weighted by Crippen LogP contribution is -2.13. The van der Waals surface area contributed by atoms with Crippen molar-refractivity contribution in [2.24, 2.45) is 0 Å². The molecule has 0 aliphatic carbocycles. The van der Waals surface area contributed by atoms with E-state index in [1.165, 1.54) is 30.6 Å². The van der Waals surface area contributed by atoms with Crippen LogP contribution in [0.15, 0.2) is 36.7 Å². The van der Waals surface area contributed by atoms with Gasteiger partial charge in [-0.1, -0.05) is 18.2 Å². The third-order valence-electron chi connectivity index (χ3n) is 2.64. The molecule has 0 aliphatic rings. The van der Waals surface area contributed by atoms with E-state index in [0.717, 1.165) is 6.07 Å². The first-order valence-electron chi connectivity index (χ1n) is 5.52. The molecule has 1 aromatic heterocycles. The van der Waals surface area contributed by atoms with Crippen LogP contribution in [0.25, 0.3) is 0 Å². The molecule has 0 saturated heterocycles. The fourth-order valence-electron chi connectivity index (χ4n) is 1.70. The van der Waals surface area contributed by atoms with Crippen molar-refractivity contribution in [2.45, 2.75) is 19.2 Å². The Balaban J connectivity index is 2.44. The molecule has 1 N–H and O–H groups in total. The molecular weight excluding hydrogens is 257 g/mol. The van der Waals surface area contributed by atoms with E-state index in [1.54, 1.807) is 6.92 Å². The van der Waals surface area contributed by atoms with Crippen molar-refractivity contribution in [1.82, 2.24) is 9.97 Å². The van der Waals surface area contributed by atoms with Gasteiger partial charge in [-0.25, -0.2) is 0 Å². The maximum absolute atomic E-state index is 12.8. The van der Waals surface area contributed by atoms with Gasteiger partial charge in [0.2, 0.25) is 0 Å². The van der Waals surface area contributed by atoms with Gasteiger partial charge in [0.05, 0.1) is 23.1 Å². The van der Waals surface area contributed by atoms with Crippen molar-refractivity contribution in [3.8, 4) is 0 Å². The van der Waals surface area contributed by atoms with Gasteiger partial charge < -0.3 is 5.11 Å². The van der Waals surface area contributed by atoms with E-state index in [9.17, 15) is 18.3 Å². The van der Waals surface area contributed by atoms with Crippen molar-refractivity contribution in [3.05, 3.63) is 59.2 Å². The van der Waals surface area contributed by atoms with Gasteiger partial charge in [-0.3, -0.25) is 9.97 Å². The van der Waals surface area contributed by atoms with E-state index in [-0.39, 0.29) is 11.3 Å². The van der Waals surface area contributed by atoms with Crippen LogP contribution in [0.2, 0.25) is 0 Å². The molecular formula is C13H11F3N2O. The topological polar surface area (TPSA) is 46.0 Å². The number of aliphatic hydroxyl groups excluding tert-OH is 1. The average molecular weight is 268 g/mol. The van der Waals surface area contributed by atoms with Crippen LogP contribution in [0.3, 0.4) is 0 Å². The summed E-state index contributed by atoms with van der Waals surface area (Å²) in [6.07, 6.45) is -3.30. The Hall–Kier alpha value is -1.95. The minimum Gasteiger partial charge on any atom is -0.382 e. The molecule has 3 nitrogen and oxygen atoms in total. The highest BCUT2D eigenvalue weighted by Gasteiger charge is 2.35. The second-order valence-corrected chi connectivity index (χ2v) is 4.07. The van der Waals surface area contributed by atoms with Crippen LogP contribution in [0.4, 0.5) is 13.2 Å². The summed E-state index contributed by atoms with van der Waals surface area (Å²) < 4.78 is 38.5. The zero-order valence-electron chi connectivity index (χ0n) is 10.0. The second kappa shape index (κ2) is 4.97. The lowest BCUT2D eigenvalue weighted by molar-refractivity contribution is -0.139. The molecule has 0 amide bonds. The lowest BCUT2D eigenvalue weighted by Gasteiger charge is -2.16. The third-order valence-corrected chi connectivity index (χ3v) is 2.64. The van der Waals surface area contributed by atoms with Crippen molar-refractivity contribution < 1.29 is 18.3 Å². The SMILES string of the molecule is Cc1cnc(C(O)c2ccccc2C(F)(F)F)cn1. The minimum absolute atomic E-state index is 0.0855. The summed E-state index contributed by atoms with van der Waals surface area (Å²) in [6, 6.07) is 4.88. The third kappa shape index (κ3) is 2.90. The molecule has 100 valence electrons. The van der Waals surface area contributed by atoms with Gasteiger partial charge in [-0.15, -0.1) is 0 Å². The van der Waals surface area contributed by atoms with E-state index in [4.69, 9.17) is 0 Å². The highest BCUT2D eigenvalue weighted by molar-refractivity contribution is 5.35. The molecule has 0 radical (unpaired) electrons. The first kappa shape index (κ1) is 13.5. The van der Waals surface area contributed by atoms with Gasteiger partial charge >= 0.3 is 6.18 Å². The van der Waals surface area contributed by atoms with Gasteiger partial charge in [-0.2, -0.15) is 13.2 Å². The Bertz CT molecular complexity index is 567. The molecule has 0 bridgehead atoms. The zero-order chi connectivity index (χ0) is 14.0. The van der Waals surface area contributed by atoms with Gasteiger partial charge in [0.25, 0.3) is 0 Å². The maximum atomic E-state index is 12.8. The van der Waals surface area contributed by atoms with Crippen LogP contribution in [0, 0.1) is 6.92 Å². The van der Waals surface area contributed by atoms with Crippen LogP contribution in [-0.2, 0) is 6.18 Å². The number of alkyl halides is 3. The largest absolute Gasteiger partial charge is 0.416 e. The van der Waals surface area contributed by atoms with Crippen LogP contribution in [0.1, 0.15) is 28.6 Å². The molecule has 6 heteroatoms. The van der Waals surface area contributed by atoms with Crippen molar-refractivity contribution in [2.75, 3.05) is 0 Å². The number of nitrogens with zero attached hydrogens (tertiary/aromatic N) is 2. The second-order valence-electron chi connectivity index (χ2n) is 4.07. The summed E-state index contributed by atoms with van der Waals surface area (Å²) in [4.78, 5) is 7.81. The maximum Gasteiger partial charge on any atom is 0.416 e. The van der Waals surface area contributed by atoms with Crippen molar-refractivity contribution in [1.29, 1.82) is 0 Å². The summed E-state index contributed by atoms with van der Waals surface area (Å²) in [5.41, 5.74) is -0.389. The van der Waals surface area contributed by atoms with E-state index >= 15 is 0 Å². The summed E-state index contributed by atoms with van der Waals surface area (Å²) >= 11 is 0. The molecule has 0 saturated carbocycles. The number of rotatable bonds is 2. The minimum atomic E-state index is -4.52. The highest BCUT2D eigenvalue weighted by Crippen LogP contribution is 2.35. The van der Waals surface area contributed by atoms with E-state index in [0.29, 0.717) is 5.69 Å². The Morgan fingerprint density at radius 2 is 1.79 bits per heavy atom. The number of hydrogen-bond donors (Lipinski definition) is 1. The number of aromatic nitrogens is 2. The Labute approximate surface area is 107 Å². The molecule has 1 atom stereocenters. The molecule has 0 spiro atoms. The zero-order valence-corrected chi connectivity index (χ0v) is 10.0. The van der Waals surface area contributed by atoms with Crippen LogP contribution < -0.4 is 0 Å². The lowest BCUT2D eigenvalue weighted by atomic mass is 10.00. The molecule has 2 rings (SSSR count). The molecule has 19 heavy (non-hydrogen) atoms. The summed E-state index contributed by atoms with van der Waals surface area (Å²) in [5.74, 6) is 0. The summed E-state index contributed by atoms with van der Waals surface area (Å²) in [5, 5.41) is 10.0. The predicted molar refractivity (Wildman–Crippen MR) is 62.3 cm³/mol. The predicted octanol–water partition coefficient (Wildman–Crippen LogP) is 2.89. The van der Waals surface area contributed by atoms with E-state index in [2.05, 4.69) is 9.97 Å². The fraction of sp³-hybridized carbons (Fsp3) is 0.231. The Morgan fingerprint density at radius 1 is 1.11 bits per heavy atom. The summed E-state index contributed by atoms with van der Waals surface area (Å²) in [7, 11) is 0. The average Bonchev–Trinajstić information content (AvgIpc) is 2.38. The molecule has 1 unspecified atom stereocenters. The molecule has 0 fully saturated rings. The quantitative estimate of drug-likeness (QED) is 0.911.